The van der Waals surface area contributed by atoms with E-state index in [1.807, 2.05) is 6.07 Å². The average Bonchev–Trinajstić information content (AvgIpc) is 2.35. The summed E-state index contributed by atoms with van der Waals surface area (Å²) in [7, 11) is 0. The highest BCUT2D eigenvalue weighted by Gasteiger charge is 2.05. The monoisotopic (exact) mass is 234 g/mol. The van der Waals surface area contributed by atoms with Crippen LogP contribution in [0.5, 0.6) is 0 Å². The zero-order valence-electron chi connectivity index (χ0n) is 10.6. The van der Waals surface area contributed by atoms with Crippen LogP contribution in [0.1, 0.15) is 25.8 Å². The van der Waals surface area contributed by atoms with Gasteiger partial charge in [0.2, 0.25) is 5.96 Å². The molecule has 0 saturated carbocycles. The van der Waals surface area contributed by atoms with Crippen molar-refractivity contribution in [3.05, 3.63) is 35.9 Å². The van der Waals surface area contributed by atoms with Gasteiger partial charge in [-0.1, -0.05) is 37.3 Å². The Balaban J connectivity index is 2.45. The fourth-order valence-electron chi connectivity index (χ4n) is 1.61. The highest BCUT2D eigenvalue weighted by Crippen LogP contribution is 2.02. The van der Waals surface area contributed by atoms with E-state index >= 15 is 0 Å². The van der Waals surface area contributed by atoms with Crippen LogP contribution < -0.4 is 16.6 Å². The third-order valence-corrected chi connectivity index (χ3v) is 2.40. The SMILES string of the molecule is CCCN=C(NN)NC(C)Cc1ccccc1. The topological polar surface area (TPSA) is 62.4 Å². The lowest BCUT2D eigenvalue weighted by atomic mass is 10.1. The van der Waals surface area contributed by atoms with E-state index in [0.717, 1.165) is 19.4 Å². The first-order chi connectivity index (χ1) is 8.26. The molecule has 17 heavy (non-hydrogen) atoms. The second kappa shape index (κ2) is 7.68. The number of aliphatic imine (C=N–C) groups is 1. The molecule has 1 unspecified atom stereocenters. The summed E-state index contributed by atoms with van der Waals surface area (Å²) in [6, 6.07) is 10.7. The molecular formula is C13H22N4. The molecule has 0 fully saturated rings. The number of rotatable bonds is 5. The normalized spacial score (nSPS) is 13.2. The summed E-state index contributed by atoms with van der Waals surface area (Å²) in [4.78, 5) is 4.31. The molecule has 4 N–H and O–H groups in total. The summed E-state index contributed by atoms with van der Waals surface area (Å²) in [5.41, 5.74) is 3.90. The summed E-state index contributed by atoms with van der Waals surface area (Å²) in [5.74, 6) is 6.07. The quantitative estimate of drug-likeness (QED) is 0.313. The van der Waals surface area contributed by atoms with E-state index in [9.17, 15) is 0 Å². The van der Waals surface area contributed by atoms with Gasteiger partial charge in [0.25, 0.3) is 0 Å². The van der Waals surface area contributed by atoms with Crippen LogP contribution in [0, 0.1) is 0 Å². The van der Waals surface area contributed by atoms with Crippen molar-refractivity contribution < 1.29 is 0 Å². The average molecular weight is 234 g/mol. The van der Waals surface area contributed by atoms with Gasteiger partial charge in [-0.2, -0.15) is 0 Å². The summed E-state index contributed by atoms with van der Waals surface area (Å²) < 4.78 is 0. The summed E-state index contributed by atoms with van der Waals surface area (Å²) in [6.45, 7) is 4.99. The van der Waals surface area contributed by atoms with Crippen LogP contribution in [0.3, 0.4) is 0 Å². The second-order valence-corrected chi connectivity index (χ2v) is 4.11. The Bertz CT molecular complexity index is 335. The number of nitrogens with two attached hydrogens (primary N) is 1. The number of nitrogens with one attached hydrogen (secondary N) is 2. The molecule has 0 aromatic heterocycles. The molecule has 4 nitrogen and oxygen atoms in total. The lowest BCUT2D eigenvalue weighted by Gasteiger charge is -2.16. The third kappa shape index (κ3) is 5.36. The van der Waals surface area contributed by atoms with Gasteiger partial charge < -0.3 is 5.32 Å². The van der Waals surface area contributed by atoms with Gasteiger partial charge in [-0.05, 0) is 25.3 Å². The Morgan fingerprint density at radius 2 is 2.06 bits per heavy atom. The van der Waals surface area contributed by atoms with Gasteiger partial charge in [0.05, 0.1) is 0 Å². The fraction of sp³-hybridized carbons (Fsp3) is 0.462. The van der Waals surface area contributed by atoms with Crippen molar-refractivity contribution in [2.75, 3.05) is 6.54 Å². The predicted molar refractivity (Wildman–Crippen MR) is 72.7 cm³/mol. The molecule has 0 aliphatic carbocycles. The molecule has 0 amide bonds. The van der Waals surface area contributed by atoms with Gasteiger partial charge >= 0.3 is 0 Å². The number of hydrogen-bond acceptors (Lipinski definition) is 2. The number of benzene rings is 1. The zero-order valence-corrected chi connectivity index (χ0v) is 10.6. The molecule has 0 bridgehead atoms. The van der Waals surface area contributed by atoms with Crippen molar-refractivity contribution in [1.82, 2.24) is 10.7 Å². The minimum Gasteiger partial charge on any atom is -0.353 e. The van der Waals surface area contributed by atoms with Crippen molar-refractivity contribution in [2.24, 2.45) is 10.8 Å². The van der Waals surface area contributed by atoms with Gasteiger partial charge in [0.1, 0.15) is 0 Å². The molecule has 0 radical (unpaired) electrons. The van der Waals surface area contributed by atoms with Gasteiger partial charge in [0, 0.05) is 12.6 Å². The molecule has 94 valence electrons. The van der Waals surface area contributed by atoms with Gasteiger partial charge in [-0.25, -0.2) is 5.84 Å². The van der Waals surface area contributed by atoms with Crippen LogP contribution in [0.2, 0.25) is 0 Å². The highest BCUT2D eigenvalue weighted by molar-refractivity contribution is 5.79. The van der Waals surface area contributed by atoms with Crippen molar-refractivity contribution in [1.29, 1.82) is 0 Å². The molecule has 4 heteroatoms. The maximum absolute atomic E-state index is 5.41. The summed E-state index contributed by atoms with van der Waals surface area (Å²) >= 11 is 0. The Hall–Kier alpha value is -1.55. The first-order valence-electron chi connectivity index (χ1n) is 6.07. The summed E-state index contributed by atoms with van der Waals surface area (Å²) in [5, 5.41) is 3.26. The van der Waals surface area contributed by atoms with E-state index in [2.05, 4.69) is 53.8 Å². The largest absolute Gasteiger partial charge is 0.353 e. The lowest BCUT2D eigenvalue weighted by molar-refractivity contribution is 0.640. The lowest BCUT2D eigenvalue weighted by Crippen LogP contribution is -2.46. The van der Waals surface area contributed by atoms with Crippen LogP contribution in [0.15, 0.2) is 35.3 Å². The smallest absolute Gasteiger partial charge is 0.205 e. The first-order valence-corrected chi connectivity index (χ1v) is 6.07. The zero-order chi connectivity index (χ0) is 12.5. The van der Waals surface area contributed by atoms with Crippen LogP contribution >= 0.6 is 0 Å². The first kappa shape index (κ1) is 13.5. The highest BCUT2D eigenvalue weighted by atomic mass is 15.3. The predicted octanol–water partition coefficient (Wildman–Crippen LogP) is 1.44. The van der Waals surface area contributed by atoms with Crippen molar-refractivity contribution in [3.63, 3.8) is 0 Å². The van der Waals surface area contributed by atoms with E-state index in [4.69, 9.17) is 5.84 Å². The van der Waals surface area contributed by atoms with Crippen LogP contribution in [0.25, 0.3) is 0 Å². The van der Waals surface area contributed by atoms with Gasteiger partial charge in [0.15, 0.2) is 0 Å². The van der Waals surface area contributed by atoms with Gasteiger partial charge in [-0.3, -0.25) is 10.4 Å². The summed E-state index contributed by atoms with van der Waals surface area (Å²) in [6.07, 6.45) is 1.97. The standard InChI is InChI=1S/C13H22N4/c1-3-9-15-13(17-14)16-11(2)10-12-7-5-4-6-8-12/h4-8,11H,3,9-10,14H2,1-2H3,(H2,15,16,17). The van der Waals surface area contributed by atoms with Crippen LogP contribution in [-0.2, 0) is 6.42 Å². The van der Waals surface area contributed by atoms with Crippen molar-refractivity contribution >= 4 is 5.96 Å². The second-order valence-electron chi connectivity index (χ2n) is 4.11. The van der Waals surface area contributed by atoms with E-state index in [1.54, 1.807) is 0 Å². The molecule has 0 aliphatic heterocycles. The number of hydrazine groups is 1. The number of nitrogens with zero attached hydrogens (tertiary/aromatic N) is 1. The molecule has 0 aliphatic rings. The van der Waals surface area contributed by atoms with Crippen molar-refractivity contribution in [3.8, 4) is 0 Å². The minimum atomic E-state index is 0.295. The molecule has 1 aromatic carbocycles. The maximum Gasteiger partial charge on any atom is 0.205 e. The molecule has 1 aromatic rings. The van der Waals surface area contributed by atoms with E-state index in [0.29, 0.717) is 12.0 Å². The number of guanidine groups is 1. The van der Waals surface area contributed by atoms with E-state index < -0.39 is 0 Å². The van der Waals surface area contributed by atoms with Crippen LogP contribution in [0.4, 0.5) is 0 Å². The molecule has 0 heterocycles. The van der Waals surface area contributed by atoms with Crippen molar-refractivity contribution in [2.45, 2.75) is 32.7 Å². The van der Waals surface area contributed by atoms with E-state index in [1.165, 1.54) is 5.56 Å². The molecule has 0 spiro atoms. The molecular weight excluding hydrogens is 212 g/mol. The molecule has 1 rings (SSSR count). The Labute approximate surface area is 103 Å². The Kier molecular flexibility index (Phi) is 6.10. The Morgan fingerprint density at radius 3 is 2.65 bits per heavy atom. The molecule has 0 saturated heterocycles. The minimum absolute atomic E-state index is 0.295. The van der Waals surface area contributed by atoms with Crippen LogP contribution in [-0.4, -0.2) is 18.5 Å². The maximum atomic E-state index is 5.41. The number of hydrogen-bond donors (Lipinski definition) is 3. The molecule has 1 atom stereocenters. The third-order valence-electron chi connectivity index (χ3n) is 2.40. The van der Waals surface area contributed by atoms with E-state index in [-0.39, 0.29) is 0 Å². The fourth-order valence-corrected chi connectivity index (χ4v) is 1.61. The van der Waals surface area contributed by atoms with Gasteiger partial charge in [-0.15, -0.1) is 0 Å². The Morgan fingerprint density at radius 1 is 1.35 bits per heavy atom.